The molecule has 1 saturated heterocycles. The highest BCUT2D eigenvalue weighted by molar-refractivity contribution is 5.80. The van der Waals surface area contributed by atoms with Crippen molar-refractivity contribution in [2.24, 2.45) is 0 Å². The van der Waals surface area contributed by atoms with Crippen LogP contribution in [0.25, 0.3) is 10.9 Å². The third-order valence-electron chi connectivity index (χ3n) is 4.59. The summed E-state index contributed by atoms with van der Waals surface area (Å²) in [6.07, 6.45) is 1.72. The minimum atomic E-state index is -0.150. The Morgan fingerprint density at radius 2 is 2.00 bits per heavy atom. The molecule has 3 rings (SSSR count). The van der Waals surface area contributed by atoms with Crippen molar-refractivity contribution in [3.63, 3.8) is 0 Å². The molecule has 3 amide bonds. The Hall–Kier alpha value is -2.54. The first-order chi connectivity index (χ1) is 12.1. The lowest BCUT2D eigenvalue weighted by molar-refractivity contribution is -0.122. The number of piperidine rings is 1. The van der Waals surface area contributed by atoms with Crippen LogP contribution in [0.1, 0.15) is 18.5 Å². The van der Waals surface area contributed by atoms with Crippen molar-refractivity contribution in [3.05, 3.63) is 36.0 Å². The highest BCUT2D eigenvalue weighted by atomic mass is 16.2. The number of urea groups is 1. The molecular weight excluding hydrogens is 318 g/mol. The fourth-order valence-corrected chi connectivity index (χ4v) is 3.16. The maximum atomic E-state index is 12.1. The summed E-state index contributed by atoms with van der Waals surface area (Å²) in [5.74, 6) is 0.0301. The number of H-pyrrole nitrogens is 1. The highest BCUT2D eigenvalue weighted by Gasteiger charge is 2.21. The van der Waals surface area contributed by atoms with E-state index in [0.717, 1.165) is 42.5 Å². The first-order valence-corrected chi connectivity index (χ1v) is 8.68. The van der Waals surface area contributed by atoms with Crippen LogP contribution in [0.4, 0.5) is 4.79 Å². The first-order valence-electron chi connectivity index (χ1n) is 8.68. The van der Waals surface area contributed by atoms with Crippen LogP contribution in [0.5, 0.6) is 0 Å². The van der Waals surface area contributed by atoms with Gasteiger partial charge in [0.2, 0.25) is 5.91 Å². The fraction of sp³-hybridized carbons (Fsp3) is 0.444. The van der Waals surface area contributed by atoms with E-state index in [4.69, 9.17) is 0 Å². The third kappa shape index (κ3) is 4.73. The zero-order chi connectivity index (χ0) is 17.6. The number of nitrogens with one attached hydrogen (secondary N) is 4. The predicted octanol–water partition coefficient (Wildman–Crippen LogP) is 1.18. The van der Waals surface area contributed by atoms with Crippen molar-refractivity contribution >= 4 is 22.8 Å². The molecule has 0 saturated carbocycles. The van der Waals surface area contributed by atoms with Gasteiger partial charge in [0.1, 0.15) is 0 Å². The van der Waals surface area contributed by atoms with E-state index in [1.165, 1.54) is 0 Å². The van der Waals surface area contributed by atoms with Gasteiger partial charge in [-0.3, -0.25) is 9.69 Å². The van der Waals surface area contributed by atoms with Gasteiger partial charge in [-0.05, 0) is 30.4 Å². The summed E-state index contributed by atoms with van der Waals surface area (Å²) in [7, 11) is 1.65. The number of hydrogen-bond donors (Lipinski definition) is 4. The van der Waals surface area contributed by atoms with Crippen LogP contribution in [-0.4, -0.2) is 54.5 Å². The monoisotopic (exact) mass is 343 g/mol. The topological polar surface area (TPSA) is 89.3 Å². The van der Waals surface area contributed by atoms with Crippen LogP contribution in [0.15, 0.2) is 30.3 Å². The second kappa shape index (κ2) is 8.02. The van der Waals surface area contributed by atoms with Crippen LogP contribution in [-0.2, 0) is 11.3 Å². The van der Waals surface area contributed by atoms with Crippen LogP contribution < -0.4 is 16.0 Å². The lowest BCUT2D eigenvalue weighted by Crippen LogP contribution is -2.49. The molecule has 7 nitrogen and oxygen atoms in total. The fourth-order valence-electron chi connectivity index (χ4n) is 3.16. The number of likely N-dealkylation sites (N-methyl/N-ethyl adjacent to an activating group) is 1. The molecule has 4 N–H and O–H groups in total. The first kappa shape index (κ1) is 17.3. The second-order valence-electron chi connectivity index (χ2n) is 6.43. The lowest BCUT2D eigenvalue weighted by atomic mass is 10.1. The average molecular weight is 343 g/mol. The van der Waals surface area contributed by atoms with Gasteiger partial charge in [-0.25, -0.2) is 4.79 Å². The number of benzene rings is 1. The Bertz CT molecular complexity index is 701. The summed E-state index contributed by atoms with van der Waals surface area (Å²) >= 11 is 0. The van der Waals surface area contributed by atoms with Crippen LogP contribution in [0, 0.1) is 0 Å². The van der Waals surface area contributed by atoms with Crippen LogP contribution >= 0.6 is 0 Å². The van der Waals surface area contributed by atoms with Gasteiger partial charge in [0.25, 0.3) is 0 Å². The van der Waals surface area contributed by atoms with Gasteiger partial charge in [0.15, 0.2) is 0 Å². The second-order valence-corrected chi connectivity index (χ2v) is 6.43. The number of carbonyl (C=O) groups is 2. The average Bonchev–Trinajstić information content (AvgIpc) is 3.04. The maximum Gasteiger partial charge on any atom is 0.315 e. The molecule has 1 aliphatic rings. The molecule has 0 unspecified atom stereocenters. The van der Waals surface area contributed by atoms with Gasteiger partial charge in [0.05, 0.1) is 13.1 Å². The van der Waals surface area contributed by atoms with E-state index in [9.17, 15) is 9.59 Å². The van der Waals surface area contributed by atoms with Crippen molar-refractivity contribution in [1.82, 2.24) is 25.8 Å². The van der Waals surface area contributed by atoms with Crippen molar-refractivity contribution in [1.29, 1.82) is 0 Å². The molecule has 25 heavy (non-hydrogen) atoms. The zero-order valence-corrected chi connectivity index (χ0v) is 14.5. The molecule has 134 valence electrons. The van der Waals surface area contributed by atoms with Crippen LogP contribution in [0.2, 0.25) is 0 Å². The van der Waals surface area contributed by atoms with E-state index in [2.05, 4.69) is 25.8 Å². The lowest BCUT2D eigenvalue weighted by Gasteiger charge is -2.31. The van der Waals surface area contributed by atoms with E-state index >= 15 is 0 Å². The van der Waals surface area contributed by atoms with E-state index in [0.29, 0.717) is 13.1 Å². The number of aromatic nitrogens is 1. The largest absolute Gasteiger partial charge is 0.358 e. The van der Waals surface area contributed by atoms with Crippen molar-refractivity contribution in [2.75, 3.05) is 26.7 Å². The van der Waals surface area contributed by atoms with E-state index in [1.807, 2.05) is 30.3 Å². The van der Waals surface area contributed by atoms with Gasteiger partial charge in [-0.15, -0.1) is 0 Å². The summed E-state index contributed by atoms with van der Waals surface area (Å²) < 4.78 is 0. The quantitative estimate of drug-likeness (QED) is 0.657. The van der Waals surface area contributed by atoms with Gasteiger partial charge >= 0.3 is 6.03 Å². The Kier molecular flexibility index (Phi) is 5.55. The smallest absolute Gasteiger partial charge is 0.315 e. The molecular formula is C18H25N5O2. The molecule has 0 spiro atoms. The molecule has 0 atom stereocenters. The summed E-state index contributed by atoms with van der Waals surface area (Å²) in [4.78, 5) is 28.9. The number of likely N-dealkylation sites (tertiary alicyclic amines) is 1. The van der Waals surface area contributed by atoms with Crippen molar-refractivity contribution < 1.29 is 9.59 Å². The molecule has 0 bridgehead atoms. The van der Waals surface area contributed by atoms with Gasteiger partial charge < -0.3 is 20.9 Å². The normalized spacial score (nSPS) is 15.9. The maximum absolute atomic E-state index is 12.1. The minimum absolute atomic E-state index is 0.0301. The summed E-state index contributed by atoms with van der Waals surface area (Å²) in [6.45, 7) is 2.53. The van der Waals surface area contributed by atoms with Gasteiger partial charge in [0, 0.05) is 37.4 Å². The highest BCUT2D eigenvalue weighted by Crippen LogP contribution is 2.14. The minimum Gasteiger partial charge on any atom is -0.358 e. The molecule has 0 radical (unpaired) electrons. The summed E-state index contributed by atoms with van der Waals surface area (Å²) in [5.41, 5.74) is 2.06. The molecule has 2 aromatic rings. The van der Waals surface area contributed by atoms with E-state index in [-0.39, 0.29) is 18.0 Å². The molecule has 1 aromatic heterocycles. The molecule has 1 aliphatic heterocycles. The third-order valence-corrected chi connectivity index (χ3v) is 4.59. The van der Waals surface area contributed by atoms with E-state index < -0.39 is 0 Å². The Morgan fingerprint density at radius 1 is 1.24 bits per heavy atom. The van der Waals surface area contributed by atoms with Gasteiger partial charge in [-0.2, -0.15) is 0 Å². The molecule has 1 aromatic carbocycles. The zero-order valence-electron chi connectivity index (χ0n) is 14.5. The number of para-hydroxylation sites is 1. The number of rotatable bonds is 5. The number of carbonyl (C=O) groups excluding carboxylic acids is 2. The van der Waals surface area contributed by atoms with Crippen molar-refractivity contribution in [3.8, 4) is 0 Å². The number of aromatic amines is 1. The summed E-state index contributed by atoms with van der Waals surface area (Å²) in [5, 5.41) is 9.70. The predicted molar refractivity (Wildman–Crippen MR) is 97.2 cm³/mol. The number of amides is 3. The van der Waals surface area contributed by atoms with E-state index in [1.54, 1.807) is 7.05 Å². The SMILES string of the molecule is CNC(=O)CN1CCC(NC(=O)NCc2cc3ccccc3[nH]2)CC1. The number of fused-ring (bicyclic) bond motifs is 1. The van der Waals surface area contributed by atoms with Gasteiger partial charge in [-0.1, -0.05) is 18.2 Å². The van der Waals surface area contributed by atoms with Crippen LogP contribution in [0.3, 0.4) is 0 Å². The number of hydrogen-bond acceptors (Lipinski definition) is 3. The standard InChI is InChI=1S/C18H25N5O2/c1-19-17(24)12-23-8-6-14(7-9-23)22-18(25)20-11-15-10-13-4-2-3-5-16(13)21-15/h2-5,10,14,21H,6-9,11-12H2,1H3,(H,19,24)(H2,20,22,25). The Labute approximate surface area is 147 Å². The Balaban J connectivity index is 1.40. The van der Waals surface area contributed by atoms with Crippen molar-refractivity contribution in [2.45, 2.75) is 25.4 Å². The summed E-state index contributed by atoms with van der Waals surface area (Å²) in [6, 6.07) is 10.1. The number of nitrogens with zero attached hydrogens (tertiary/aromatic N) is 1. The molecule has 7 heteroatoms. The molecule has 2 heterocycles. The molecule has 1 fully saturated rings. The molecule has 0 aliphatic carbocycles. The Morgan fingerprint density at radius 3 is 2.72 bits per heavy atom.